The Kier molecular flexibility index (Phi) is 4.24. The molecule has 0 bridgehead atoms. The molecular weight excluding hydrogens is 294 g/mol. The minimum atomic E-state index is -0.205. The lowest BCUT2D eigenvalue weighted by molar-refractivity contribution is -0.122. The maximum Gasteiger partial charge on any atom is 0.222 e. The lowest BCUT2D eigenvalue weighted by Crippen LogP contribution is -2.41. The van der Waals surface area contributed by atoms with Crippen LogP contribution in [0.15, 0.2) is 22.7 Å². The second kappa shape index (κ2) is 5.71. The van der Waals surface area contributed by atoms with Gasteiger partial charge < -0.3 is 16.4 Å². The highest BCUT2D eigenvalue weighted by Crippen LogP contribution is 2.30. The maximum absolute atomic E-state index is 11.3. The molecule has 1 fully saturated rings. The van der Waals surface area contributed by atoms with E-state index in [1.54, 1.807) is 0 Å². The number of carbonyl (C=O) groups is 1. The number of nitrogens with zero attached hydrogens (tertiary/aromatic N) is 1. The van der Waals surface area contributed by atoms with Crippen molar-refractivity contribution < 1.29 is 4.79 Å². The second-order valence-electron chi connectivity index (χ2n) is 4.63. The van der Waals surface area contributed by atoms with Gasteiger partial charge in [0.25, 0.3) is 0 Å². The Balaban J connectivity index is 2.26. The molecule has 4 N–H and O–H groups in total. The smallest absolute Gasteiger partial charge is 0.222 e. The molecule has 1 aliphatic rings. The Morgan fingerprint density at radius 1 is 1.50 bits per heavy atom. The number of hydrogen-bond acceptors (Lipinski definition) is 3. The monoisotopic (exact) mass is 311 g/mol. The van der Waals surface area contributed by atoms with E-state index in [4.69, 9.17) is 11.5 Å². The highest BCUT2D eigenvalue weighted by molar-refractivity contribution is 9.10. The number of hydrogen-bond donors (Lipinski definition) is 2. The lowest BCUT2D eigenvalue weighted by atomic mass is 9.96. The van der Waals surface area contributed by atoms with Crippen molar-refractivity contribution >= 4 is 27.5 Å². The summed E-state index contributed by atoms with van der Waals surface area (Å²) in [6.45, 7) is 2.13. The van der Waals surface area contributed by atoms with E-state index in [9.17, 15) is 4.79 Å². The summed E-state index contributed by atoms with van der Waals surface area (Å²) >= 11 is 3.52. The molecular formula is C13H18BrN3O. The number of primary amides is 1. The van der Waals surface area contributed by atoms with Gasteiger partial charge in [-0.3, -0.25) is 4.79 Å². The number of nitrogens with two attached hydrogens (primary N) is 2. The van der Waals surface area contributed by atoms with Gasteiger partial charge in [0.2, 0.25) is 5.91 Å². The molecule has 0 aliphatic carbocycles. The first-order chi connectivity index (χ1) is 8.63. The molecule has 0 spiro atoms. The molecule has 1 saturated heterocycles. The molecule has 1 atom stereocenters. The number of amides is 1. The SMILES string of the molecule is NCc1c(Br)cccc1N1CCCC(C(N)=O)C1. The zero-order valence-electron chi connectivity index (χ0n) is 10.2. The molecule has 18 heavy (non-hydrogen) atoms. The van der Waals surface area contributed by atoms with Crippen molar-refractivity contribution in [1.29, 1.82) is 0 Å². The van der Waals surface area contributed by atoms with Crippen LogP contribution in [0.1, 0.15) is 18.4 Å². The predicted molar refractivity (Wildman–Crippen MR) is 76.2 cm³/mol. The van der Waals surface area contributed by atoms with Gasteiger partial charge in [0, 0.05) is 35.4 Å². The number of halogens is 1. The minimum absolute atomic E-state index is 0.0524. The average Bonchev–Trinajstić information content (AvgIpc) is 2.38. The lowest BCUT2D eigenvalue weighted by Gasteiger charge is -2.34. The number of benzene rings is 1. The van der Waals surface area contributed by atoms with Crippen LogP contribution in [-0.4, -0.2) is 19.0 Å². The Morgan fingerprint density at radius 2 is 2.28 bits per heavy atom. The number of anilines is 1. The molecule has 5 heteroatoms. The Morgan fingerprint density at radius 3 is 2.94 bits per heavy atom. The fraction of sp³-hybridized carbons (Fsp3) is 0.462. The minimum Gasteiger partial charge on any atom is -0.370 e. The van der Waals surface area contributed by atoms with Gasteiger partial charge in [-0.25, -0.2) is 0 Å². The summed E-state index contributed by atoms with van der Waals surface area (Å²) in [7, 11) is 0. The van der Waals surface area contributed by atoms with Crippen LogP contribution in [-0.2, 0) is 11.3 Å². The molecule has 4 nitrogen and oxygen atoms in total. The Hall–Kier alpha value is -1.07. The first kappa shape index (κ1) is 13.4. The van der Waals surface area contributed by atoms with E-state index >= 15 is 0 Å². The zero-order chi connectivity index (χ0) is 13.1. The standard InChI is InChI=1S/C13H18BrN3O/c14-11-4-1-5-12(10(11)7-15)17-6-2-3-9(8-17)13(16)18/h1,4-5,9H,2-3,6-8,15H2,(H2,16,18). The van der Waals surface area contributed by atoms with E-state index in [-0.39, 0.29) is 11.8 Å². The van der Waals surface area contributed by atoms with Gasteiger partial charge in [-0.2, -0.15) is 0 Å². The number of rotatable bonds is 3. The fourth-order valence-electron chi connectivity index (χ4n) is 2.47. The molecule has 1 aromatic rings. The summed E-state index contributed by atoms with van der Waals surface area (Å²) in [6.07, 6.45) is 1.88. The van der Waals surface area contributed by atoms with Crippen LogP contribution < -0.4 is 16.4 Å². The van der Waals surface area contributed by atoms with Gasteiger partial charge in [-0.05, 0) is 25.0 Å². The molecule has 2 rings (SSSR count). The highest BCUT2D eigenvalue weighted by atomic mass is 79.9. The Labute approximate surface area is 115 Å². The van der Waals surface area contributed by atoms with Crippen LogP contribution >= 0.6 is 15.9 Å². The average molecular weight is 312 g/mol. The molecule has 1 heterocycles. The third-order valence-electron chi connectivity index (χ3n) is 3.46. The first-order valence-electron chi connectivity index (χ1n) is 6.15. The van der Waals surface area contributed by atoms with E-state index in [1.807, 2.05) is 12.1 Å². The van der Waals surface area contributed by atoms with Crippen LogP contribution in [0.25, 0.3) is 0 Å². The van der Waals surface area contributed by atoms with Gasteiger partial charge in [-0.15, -0.1) is 0 Å². The molecule has 0 aromatic heterocycles. The molecule has 1 unspecified atom stereocenters. The van der Waals surface area contributed by atoms with Gasteiger partial charge in [0.1, 0.15) is 0 Å². The van der Waals surface area contributed by atoms with Crippen LogP contribution in [0.4, 0.5) is 5.69 Å². The molecule has 1 aliphatic heterocycles. The van der Waals surface area contributed by atoms with E-state index < -0.39 is 0 Å². The van der Waals surface area contributed by atoms with Gasteiger partial charge in [0.05, 0.1) is 5.92 Å². The van der Waals surface area contributed by atoms with E-state index in [1.165, 1.54) is 0 Å². The van der Waals surface area contributed by atoms with Crippen LogP contribution in [0.5, 0.6) is 0 Å². The molecule has 0 saturated carbocycles. The van der Waals surface area contributed by atoms with Crippen molar-refractivity contribution in [2.24, 2.45) is 17.4 Å². The van der Waals surface area contributed by atoms with Crippen molar-refractivity contribution in [1.82, 2.24) is 0 Å². The normalized spacial score (nSPS) is 19.9. The predicted octanol–water partition coefficient (Wildman–Crippen LogP) is 1.61. The topological polar surface area (TPSA) is 72.3 Å². The summed E-state index contributed by atoms with van der Waals surface area (Å²) in [5.74, 6) is -0.257. The van der Waals surface area contributed by atoms with Crippen molar-refractivity contribution in [2.45, 2.75) is 19.4 Å². The van der Waals surface area contributed by atoms with Crippen molar-refractivity contribution in [3.8, 4) is 0 Å². The van der Waals surface area contributed by atoms with E-state index in [0.717, 1.165) is 35.1 Å². The third-order valence-corrected chi connectivity index (χ3v) is 4.21. The van der Waals surface area contributed by atoms with Crippen LogP contribution in [0.2, 0.25) is 0 Å². The largest absolute Gasteiger partial charge is 0.370 e. The van der Waals surface area contributed by atoms with E-state index in [2.05, 4.69) is 26.9 Å². The summed E-state index contributed by atoms with van der Waals surface area (Å²) in [4.78, 5) is 13.5. The number of piperidine rings is 1. The molecule has 1 amide bonds. The second-order valence-corrected chi connectivity index (χ2v) is 5.48. The molecule has 0 radical (unpaired) electrons. The van der Waals surface area contributed by atoms with Gasteiger partial charge in [-0.1, -0.05) is 22.0 Å². The van der Waals surface area contributed by atoms with Gasteiger partial charge >= 0.3 is 0 Å². The summed E-state index contributed by atoms with van der Waals surface area (Å²) in [6, 6.07) is 6.03. The summed E-state index contributed by atoms with van der Waals surface area (Å²) in [5, 5.41) is 0. The van der Waals surface area contributed by atoms with Crippen LogP contribution in [0.3, 0.4) is 0 Å². The van der Waals surface area contributed by atoms with Crippen molar-refractivity contribution in [3.63, 3.8) is 0 Å². The fourth-order valence-corrected chi connectivity index (χ4v) is 2.99. The Bertz CT molecular complexity index is 450. The zero-order valence-corrected chi connectivity index (χ0v) is 11.8. The quantitative estimate of drug-likeness (QED) is 0.890. The van der Waals surface area contributed by atoms with Gasteiger partial charge in [0.15, 0.2) is 0 Å². The third kappa shape index (κ3) is 2.67. The van der Waals surface area contributed by atoms with Crippen molar-refractivity contribution in [2.75, 3.05) is 18.0 Å². The first-order valence-corrected chi connectivity index (χ1v) is 6.94. The van der Waals surface area contributed by atoms with E-state index in [0.29, 0.717) is 13.1 Å². The van der Waals surface area contributed by atoms with Crippen LogP contribution in [0, 0.1) is 5.92 Å². The summed E-state index contributed by atoms with van der Waals surface area (Å²) < 4.78 is 1.02. The summed E-state index contributed by atoms with van der Waals surface area (Å²) in [5.41, 5.74) is 13.4. The molecule has 1 aromatic carbocycles. The maximum atomic E-state index is 11.3. The number of carbonyl (C=O) groups excluding carboxylic acids is 1. The van der Waals surface area contributed by atoms with Crippen molar-refractivity contribution in [3.05, 3.63) is 28.2 Å². The molecule has 98 valence electrons. The highest BCUT2D eigenvalue weighted by Gasteiger charge is 2.25.